The van der Waals surface area contributed by atoms with Gasteiger partial charge in [-0.05, 0) is 80.2 Å². The Morgan fingerprint density at radius 1 is 0.925 bits per heavy atom. The van der Waals surface area contributed by atoms with E-state index in [1.807, 2.05) is 13.8 Å². The standard InChI is InChI=1S/C30H41N3O7/c1-3-17(2)26(33-28(37)20-7-5-4-6-8-20)30(39)32-23(29(38)31-16-24(34)35)9-10-25(36)40-27-21-12-18-11-19(14-21)15-22(27)13-18/h4-8,17-19,21-23,26-27H,3,9-16H2,1-2H3,(H,31,38)(H,32,39)(H,33,37)(H,34,35)/t17-,18?,19?,21?,22?,23-,26-,27?/m0/s1. The first-order valence-corrected chi connectivity index (χ1v) is 14.5. The fourth-order valence-electron chi connectivity index (χ4n) is 6.87. The summed E-state index contributed by atoms with van der Waals surface area (Å²) in [4.78, 5) is 62.9. The molecule has 10 nitrogen and oxygen atoms in total. The summed E-state index contributed by atoms with van der Waals surface area (Å²) >= 11 is 0. The molecule has 1 aromatic carbocycles. The van der Waals surface area contributed by atoms with Crippen LogP contribution >= 0.6 is 0 Å². The third-order valence-electron chi connectivity index (χ3n) is 8.91. The molecule has 40 heavy (non-hydrogen) atoms. The van der Waals surface area contributed by atoms with Gasteiger partial charge in [0, 0.05) is 12.0 Å². The van der Waals surface area contributed by atoms with E-state index in [1.54, 1.807) is 30.3 Å². The molecular weight excluding hydrogens is 514 g/mol. The predicted molar refractivity (Wildman–Crippen MR) is 146 cm³/mol. The second-order valence-electron chi connectivity index (χ2n) is 11.8. The van der Waals surface area contributed by atoms with Crippen molar-refractivity contribution < 1.29 is 33.8 Å². The maximum atomic E-state index is 13.4. The van der Waals surface area contributed by atoms with Gasteiger partial charge in [0.2, 0.25) is 11.8 Å². The number of amides is 3. The summed E-state index contributed by atoms with van der Waals surface area (Å²) < 4.78 is 5.93. The number of nitrogens with one attached hydrogen (secondary N) is 3. The van der Waals surface area contributed by atoms with E-state index in [4.69, 9.17) is 9.84 Å². The van der Waals surface area contributed by atoms with Gasteiger partial charge in [-0.15, -0.1) is 0 Å². The second-order valence-corrected chi connectivity index (χ2v) is 11.8. The number of aliphatic carboxylic acids is 1. The van der Waals surface area contributed by atoms with Gasteiger partial charge in [0.1, 0.15) is 24.7 Å². The maximum absolute atomic E-state index is 13.4. The molecule has 4 N–H and O–H groups in total. The minimum absolute atomic E-state index is 0.0524. The van der Waals surface area contributed by atoms with E-state index in [9.17, 15) is 24.0 Å². The second kappa shape index (κ2) is 13.3. The number of benzene rings is 1. The van der Waals surface area contributed by atoms with E-state index in [0.717, 1.165) is 37.5 Å². The molecule has 10 heteroatoms. The van der Waals surface area contributed by atoms with E-state index >= 15 is 0 Å². The lowest BCUT2D eigenvalue weighted by atomic mass is 9.55. The Hall–Kier alpha value is -3.43. The van der Waals surface area contributed by atoms with E-state index in [2.05, 4.69) is 16.0 Å². The molecule has 0 aromatic heterocycles. The fraction of sp³-hybridized carbons (Fsp3) is 0.633. The first-order valence-electron chi connectivity index (χ1n) is 14.5. The van der Waals surface area contributed by atoms with Gasteiger partial charge in [0.25, 0.3) is 5.91 Å². The molecule has 4 aliphatic rings. The minimum atomic E-state index is -1.23. The molecule has 0 aliphatic heterocycles. The summed E-state index contributed by atoms with van der Waals surface area (Å²) in [7, 11) is 0. The summed E-state index contributed by atoms with van der Waals surface area (Å²) in [6.07, 6.45) is 6.06. The molecule has 5 rings (SSSR count). The molecule has 4 fully saturated rings. The third kappa shape index (κ3) is 7.40. The molecule has 0 radical (unpaired) electrons. The molecule has 0 heterocycles. The Balaban J connectivity index is 1.38. The van der Waals surface area contributed by atoms with Crippen LogP contribution < -0.4 is 16.0 Å². The van der Waals surface area contributed by atoms with Crippen molar-refractivity contribution in [2.24, 2.45) is 29.6 Å². The van der Waals surface area contributed by atoms with Crippen molar-refractivity contribution in [2.75, 3.05) is 6.54 Å². The Bertz CT molecular complexity index is 1060. The smallest absolute Gasteiger partial charge is 0.322 e. The van der Waals surface area contributed by atoms with Gasteiger partial charge in [-0.1, -0.05) is 38.5 Å². The van der Waals surface area contributed by atoms with Crippen molar-refractivity contribution >= 4 is 29.7 Å². The van der Waals surface area contributed by atoms with E-state index in [0.29, 0.717) is 23.8 Å². The molecule has 4 bridgehead atoms. The average molecular weight is 556 g/mol. The van der Waals surface area contributed by atoms with E-state index in [-0.39, 0.29) is 24.9 Å². The molecular formula is C30H41N3O7. The highest BCUT2D eigenvalue weighted by Crippen LogP contribution is 2.54. The lowest BCUT2D eigenvalue weighted by Gasteiger charge is -2.53. The molecule has 218 valence electrons. The zero-order valence-corrected chi connectivity index (χ0v) is 23.3. The van der Waals surface area contributed by atoms with Crippen LogP contribution in [0.15, 0.2) is 30.3 Å². The summed E-state index contributed by atoms with van der Waals surface area (Å²) in [5.41, 5.74) is 0.395. The third-order valence-corrected chi connectivity index (χ3v) is 8.91. The molecule has 3 atom stereocenters. The number of hydrogen-bond donors (Lipinski definition) is 4. The van der Waals surface area contributed by atoms with Crippen molar-refractivity contribution in [3.05, 3.63) is 35.9 Å². The number of carboxylic acid groups (broad SMARTS) is 1. The van der Waals surface area contributed by atoms with Crippen LogP contribution in [0.2, 0.25) is 0 Å². The van der Waals surface area contributed by atoms with Gasteiger partial charge in [-0.2, -0.15) is 0 Å². The Kier molecular flexibility index (Phi) is 9.81. The molecule has 0 saturated heterocycles. The van der Waals surface area contributed by atoms with Crippen LogP contribution in [-0.4, -0.2) is 59.5 Å². The normalized spacial score (nSPS) is 26.7. The van der Waals surface area contributed by atoms with E-state index in [1.165, 1.54) is 6.42 Å². The molecule has 0 unspecified atom stereocenters. The van der Waals surface area contributed by atoms with Gasteiger partial charge < -0.3 is 25.8 Å². The summed E-state index contributed by atoms with van der Waals surface area (Å²) in [5, 5.41) is 16.7. The minimum Gasteiger partial charge on any atom is -0.480 e. The molecule has 4 aliphatic carbocycles. The van der Waals surface area contributed by atoms with Gasteiger partial charge in [-0.25, -0.2) is 0 Å². The first-order chi connectivity index (χ1) is 19.1. The molecule has 0 spiro atoms. The quantitative estimate of drug-likeness (QED) is 0.273. The van der Waals surface area contributed by atoms with Crippen LogP contribution in [0.5, 0.6) is 0 Å². The van der Waals surface area contributed by atoms with E-state index < -0.39 is 48.3 Å². The Morgan fingerprint density at radius 3 is 2.12 bits per heavy atom. The van der Waals surface area contributed by atoms with Crippen LogP contribution in [0, 0.1) is 29.6 Å². The van der Waals surface area contributed by atoms with Crippen LogP contribution in [0.25, 0.3) is 0 Å². The Labute approximate surface area is 235 Å². The number of rotatable bonds is 13. The van der Waals surface area contributed by atoms with Crippen LogP contribution in [-0.2, 0) is 23.9 Å². The number of ether oxygens (including phenoxy) is 1. The van der Waals surface area contributed by atoms with Gasteiger partial charge in [0.15, 0.2) is 0 Å². The molecule has 4 saturated carbocycles. The number of hydrogen-bond acceptors (Lipinski definition) is 6. The molecule has 1 aromatic rings. The van der Waals surface area contributed by atoms with Crippen molar-refractivity contribution in [1.82, 2.24) is 16.0 Å². The highest BCUT2D eigenvalue weighted by molar-refractivity contribution is 5.98. The monoisotopic (exact) mass is 555 g/mol. The van der Waals surface area contributed by atoms with Gasteiger partial charge >= 0.3 is 11.9 Å². The summed E-state index contributed by atoms with van der Waals surface area (Å²) in [5.74, 6) is -1.32. The highest BCUT2D eigenvalue weighted by atomic mass is 16.5. The largest absolute Gasteiger partial charge is 0.480 e. The fourth-order valence-corrected chi connectivity index (χ4v) is 6.87. The first kappa shape index (κ1) is 29.6. The average Bonchev–Trinajstić information content (AvgIpc) is 2.93. The lowest BCUT2D eigenvalue weighted by Crippen LogP contribution is -2.56. The van der Waals surface area contributed by atoms with Crippen molar-refractivity contribution in [3.8, 4) is 0 Å². The summed E-state index contributed by atoms with van der Waals surface area (Å²) in [6.45, 7) is 3.08. The highest BCUT2D eigenvalue weighted by Gasteiger charge is 2.49. The van der Waals surface area contributed by atoms with Crippen molar-refractivity contribution in [1.29, 1.82) is 0 Å². The van der Waals surface area contributed by atoms with Crippen molar-refractivity contribution in [2.45, 2.75) is 83.4 Å². The predicted octanol–water partition coefficient (Wildman–Crippen LogP) is 2.66. The van der Waals surface area contributed by atoms with Crippen molar-refractivity contribution in [3.63, 3.8) is 0 Å². The number of carbonyl (C=O) groups excluding carboxylic acids is 4. The summed E-state index contributed by atoms with van der Waals surface area (Å²) in [6, 6.07) is 6.39. The number of carboxylic acids is 1. The zero-order chi connectivity index (χ0) is 28.8. The SMILES string of the molecule is CC[C@H](C)[C@H](NC(=O)c1ccccc1)C(=O)N[C@@H](CCC(=O)OC1C2CC3CC(C2)CC1C3)C(=O)NCC(=O)O. The number of carbonyl (C=O) groups is 5. The number of esters is 1. The van der Waals surface area contributed by atoms with Gasteiger partial charge in [0.05, 0.1) is 0 Å². The van der Waals surface area contributed by atoms with Crippen LogP contribution in [0.4, 0.5) is 0 Å². The van der Waals surface area contributed by atoms with Crippen LogP contribution in [0.3, 0.4) is 0 Å². The maximum Gasteiger partial charge on any atom is 0.322 e. The molecule has 3 amide bonds. The zero-order valence-electron chi connectivity index (χ0n) is 23.3. The Morgan fingerprint density at radius 2 is 1.55 bits per heavy atom. The van der Waals surface area contributed by atoms with Gasteiger partial charge in [-0.3, -0.25) is 24.0 Å². The van der Waals surface area contributed by atoms with Crippen LogP contribution in [0.1, 0.15) is 75.6 Å². The topological polar surface area (TPSA) is 151 Å². The lowest BCUT2D eigenvalue weighted by molar-refractivity contribution is -0.171.